The van der Waals surface area contributed by atoms with E-state index in [1.165, 1.54) is 0 Å². The Kier molecular flexibility index (Phi) is 8.71. The van der Waals surface area contributed by atoms with Gasteiger partial charge in [0, 0.05) is 12.6 Å². The third-order valence-electron chi connectivity index (χ3n) is 4.65. The molecule has 2 amide bonds. The Balaban J connectivity index is 2.12. The van der Waals surface area contributed by atoms with Crippen LogP contribution in [0.5, 0.6) is 5.75 Å². The zero-order valence-electron chi connectivity index (χ0n) is 17.9. The highest BCUT2D eigenvalue weighted by Crippen LogP contribution is 2.14. The minimum absolute atomic E-state index is 0.0196. The van der Waals surface area contributed by atoms with Crippen LogP contribution in [0.2, 0.25) is 0 Å². The smallest absolute Gasteiger partial charge is 0.261 e. The maximum Gasteiger partial charge on any atom is 0.261 e. The summed E-state index contributed by atoms with van der Waals surface area (Å²) in [6.07, 6.45) is 1.23. The van der Waals surface area contributed by atoms with Gasteiger partial charge in [-0.15, -0.1) is 0 Å². The van der Waals surface area contributed by atoms with Gasteiger partial charge in [0.2, 0.25) is 5.91 Å². The van der Waals surface area contributed by atoms with Crippen molar-refractivity contribution in [3.63, 3.8) is 0 Å². The Morgan fingerprint density at radius 2 is 1.79 bits per heavy atom. The molecule has 0 aliphatic carbocycles. The van der Waals surface area contributed by atoms with Gasteiger partial charge < -0.3 is 15.0 Å². The van der Waals surface area contributed by atoms with Crippen molar-refractivity contribution in [3.8, 4) is 5.75 Å². The van der Waals surface area contributed by atoms with Crippen LogP contribution in [0.25, 0.3) is 0 Å². The molecule has 0 spiro atoms. The zero-order valence-corrected chi connectivity index (χ0v) is 17.9. The van der Waals surface area contributed by atoms with E-state index in [0.29, 0.717) is 25.1 Å². The monoisotopic (exact) mass is 396 g/mol. The minimum atomic E-state index is -0.519. The number of ether oxygens (including phenoxy) is 1. The third-order valence-corrected chi connectivity index (χ3v) is 4.65. The summed E-state index contributed by atoms with van der Waals surface area (Å²) in [4.78, 5) is 27.4. The number of carbonyl (C=O) groups excluding carboxylic acids is 2. The largest absolute Gasteiger partial charge is 0.484 e. The Bertz CT molecular complexity index is 790. The molecule has 0 aromatic heterocycles. The molecule has 1 N–H and O–H groups in total. The van der Waals surface area contributed by atoms with Crippen LogP contribution in [0, 0.1) is 6.92 Å². The number of amides is 2. The van der Waals surface area contributed by atoms with Crippen molar-refractivity contribution in [2.24, 2.45) is 0 Å². The molecule has 0 unspecified atom stereocenters. The Morgan fingerprint density at radius 3 is 2.41 bits per heavy atom. The number of rotatable bonds is 10. The summed E-state index contributed by atoms with van der Waals surface area (Å²) in [6, 6.07) is 17.1. The third kappa shape index (κ3) is 7.26. The van der Waals surface area contributed by atoms with Crippen LogP contribution in [-0.4, -0.2) is 41.9 Å². The van der Waals surface area contributed by atoms with Crippen LogP contribution in [0.3, 0.4) is 0 Å². The molecule has 29 heavy (non-hydrogen) atoms. The molecule has 0 fully saturated rings. The standard InChI is InChI=1S/C24H32N2O3/c1-5-22(24(28)25-18(2)3)26(15-14-20-11-7-6-8-12-20)23(27)17-29-21-13-9-10-19(4)16-21/h6-13,16,18,22H,5,14-15,17H2,1-4H3,(H,25,28)/t22-/m0/s1. The lowest BCUT2D eigenvalue weighted by Gasteiger charge is -2.31. The van der Waals surface area contributed by atoms with E-state index >= 15 is 0 Å². The highest BCUT2D eigenvalue weighted by molar-refractivity contribution is 5.88. The minimum Gasteiger partial charge on any atom is -0.484 e. The first kappa shape index (κ1) is 22.5. The molecular formula is C24H32N2O3. The van der Waals surface area contributed by atoms with Gasteiger partial charge in [0.05, 0.1) is 0 Å². The maximum absolute atomic E-state index is 13.0. The molecule has 2 aromatic rings. The molecule has 0 saturated heterocycles. The molecule has 0 bridgehead atoms. The molecule has 2 aromatic carbocycles. The van der Waals surface area contributed by atoms with Crippen LogP contribution in [0.15, 0.2) is 54.6 Å². The molecule has 5 nitrogen and oxygen atoms in total. The second kappa shape index (κ2) is 11.2. The van der Waals surface area contributed by atoms with E-state index in [4.69, 9.17) is 4.74 Å². The number of carbonyl (C=O) groups is 2. The predicted octanol–water partition coefficient (Wildman–Crippen LogP) is 3.75. The number of benzene rings is 2. The van der Waals surface area contributed by atoms with E-state index in [0.717, 1.165) is 11.1 Å². The highest BCUT2D eigenvalue weighted by Gasteiger charge is 2.28. The highest BCUT2D eigenvalue weighted by atomic mass is 16.5. The molecule has 2 rings (SSSR count). The van der Waals surface area contributed by atoms with Crippen molar-refractivity contribution in [1.29, 1.82) is 0 Å². The van der Waals surface area contributed by atoms with Crippen LogP contribution >= 0.6 is 0 Å². The van der Waals surface area contributed by atoms with Crippen molar-refractivity contribution < 1.29 is 14.3 Å². The van der Waals surface area contributed by atoms with E-state index in [-0.39, 0.29) is 24.5 Å². The Hall–Kier alpha value is -2.82. The van der Waals surface area contributed by atoms with Crippen LogP contribution in [-0.2, 0) is 16.0 Å². The second-order valence-corrected chi connectivity index (χ2v) is 7.52. The van der Waals surface area contributed by atoms with Crippen molar-refractivity contribution in [1.82, 2.24) is 10.2 Å². The zero-order chi connectivity index (χ0) is 21.2. The summed E-state index contributed by atoms with van der Waals surface area (Å²) in [6.45, 7) is 8.11. The average Bonchev–Trinajstić information content (AvgIpc) is 2.69. The van der Waals surface area contributed by atoms with Crippen LogP contribution in [0.1, 0.15) is 38.3 Å². The van der Waals surface area contributed by atoms with Gasteiger partial charge in [-0.05, 0) is 56.9 Å². The molecule has 0 radical (unpaired) electrons. The lowest BCUT2D eigenvalue weighted by molar-refractivity contribution is -0.142. The number of hydrogen-bond donors (Lipinski definition) is 1. The van der Waals surface area contributed by atoms with Gasteiger partial charge in [-0.25, -0.2) is 0 Å². The normalized spacial score (nSPS) is 11.8. The molecule has 0 aliphatic heterocycles. The van der Waals surface area contributed by atoms with Crippen LogP contribution < -0.4 is 10.1 Å². The lowest BCUT2D eigenvalue weighted by atomic mass is 10.1. The summed E-state index contributed by atoms with van der Waals surface area (Å²) in [5.41, 5.74) is 2.20. The van der Waals surface area contributed by atoms with Crippen molar-refractivity contribution in [2.45, 2.75) is 52.6 Å². The summed E-state index contributed by atoms with van der Waals surface area (Å²) in [5, 5.41) is 2.93. The summed E-state index contributed by atoms with van der Waals surface area (Å²) < 4.78 is 5.71. The first-order valence-electron chi connectivity index (χ1n) is 10.2. The van der Waals surface area contributed by atoms with Gasteiger partial charge in [-0.2, -0.15) is 0 Å². The van der Waals surface area contributed by atoms with E-state index < -0.39 is 6.04 Å². The molecule has 1 atom stereocenters. The van der Waals surface area contributed by atoms with Crippen molar-refractivity contribution >= 4 is 11.8 Å². The van der Waals surface area contributed by atoms with E-state index in [1.807, 2.05) is 82.3 Å². The van der Waals surface area contributed by atoms with E-state index in [1.54, 1.807) is 4.90 Å². The second-order valence-electron chi connectivity index (χ2n) is 7.52. The molecule has 0 heterocycles. The lowest BCUT2D eigenvalue weighted by Crippen LogP contribution is -2.52. The van der Waals surface area contributed by atoms with Gasteiger partial charge >= 0.3 is 0 Å². The Morgan fingerprint density at radius 1 is 1.07 bits per heavy atom. The van der Waals surface area contributed by atoms with E-state index in [2.05, 4.69) is 5.32 Å². The first-order valence-corrected chi connectivity index (χ1v) is 10.2. The fourth-order valence-electron chi connectivity index (χ4n) is 3.21. The maximum atomic E-state index is 13.0. The van der Waals surface area contributed by atoms with Gasteiger partial charge in [-0.3, -0.25) is 9.59 Å². The van der Waals surface area contributed by atoms with Gasteiger partial charge in [-0.1, -0.05) is 49.4 Å². The SMILES string of the molecule is CC[C@@H](C(=O)NC(C)C)N(CCc1ccccc1)C(=O)COc1cccc(C)c1. The number of aryl methyl sites for hydroxylation is 1. The number of hydrogen-bond acceptors (Lipinski definition) is 3. The van der Waals surface area contributed by atoms with Crippen LogP contribution in [0.4, 0.5) is 0 Å². The number of nitrogens with zero attached hydrogens (tertiary/aromatic N) is 1. The van der Waals surface area contributed by atoms with Gasteiger partial charge in [0.25, 0.3) is 5.91 Å². The summed E-state index contributed by atoms with van der Waals surface area (Å²) in [7, 11) is 0. The molecular weight excluding hydrogens is 364 g/mol. The molecule has 156 valence electrons. The molecule has 0 aliphatic rings. The summed E-state index contributed by atoms with van der Waals surface area (Å²) in [5.74, 6) is 0.341. The fourth-order valence-corrected chi connectivity index (χ4v) is 3.21. The fraction of sp³-hybridized carbons (Fsp3) is 0.417. The quantitative estimate of drug-likeness (QED) is 0.665. The van der Waals surface area contributed by atoms with Gasteiger partial charge in [0.15, 0.2) is 6.61 Å². The van der Waals surface area contributed by atoms with Crippen molar-refractivity contribution in [3.05, 3.63) is 65.7 Å². The summed E-state index contributed by atoms with van der Waals surface area (Å²) >= 11 is 0. The van der Waals surface area contributed by atoms with Crippen molar-refractivity contribution in [2.75, 3.05) is 13.2 Å². The Labute approximate surface area is 174 Å². The molecule has 0 saturated carbocycles. The first-order chi connectivity index (χ1) is 13.9. The van der Waals surface area contributed by atoms with Gasteiger partial charge in [0.1, 0.15) is 11.8 Å². The topological polar surface area (TPSA) is 58.6 Å². The molecule has 5 heteroatoms. The average molecular weight is 397 g/mol. The number of nitrogens with one attached hydrogen (secondary N) is 1. The predicted molar refractivity (Wildman–Crippen MR) is 116 cm³/mol. The van der Waals surface area contributed by atoms with E-state index in [9.17, 15) is 9.59 Å².